The molecule has 1 aliphatic carbocycles. The Morgan fingerprint density at radius 3 is 1.87 bits per heavy atom. The largest absolute Gasteiger partial charge is 0.389 e. The first-order valence-corrected chi connectivity index (χ1v) is 13.7. The van der Waals surface area contributed by atoms with Crippen molar-refractivity contribution in [2.45, 2.75) is 92.5 Å². The molecule has 232 valence electrons. The second-order valence-electron chi connectivity index (χ2n) is 11.1. The van der Waals surface area contributed by atoms with E-state index >= 15 is 0 Å². The van der Waals surface area contributed by atoms with Gasteiger partial charge in [-0.2, -0.15) is 0 Å². The van der Waals surface area contributed by atoms with Crippen molar-refractivity contribution in [3.63, 3.8) is 0 Å². The van der Waals surface area contributed by atoms with Crippen LogP contribution in [0.15, 0.2) is 0 Å². The highest BCUT2D eigenvalue weighted by atomic mass is 16.7. The molecule has 0 bridgehead atoms. The summed E-state index contributed by atoms with van der Waals surface area (Å²) in [6.07, 6.45) is -6.85. The van der Waals surface area contributed by atoms with E-state index in [4.69, 9.17) is 37.1 Å². The SMILES string of the molecule is CN(CCCCN(C)CC(O)CO[C@H]1[C@H](O)[C@@H](O)[C@H](N)C[C@@H]1N)CC(O)CO[C@H]1O[C@H](CN)[C@@H](O)[C@H](O)[C@H]1N. The van der Waals surface area contributed by atoms with Crippen molar-refractivity contribution in [2.75, 3.05) is 60.0 Å². The molecule has 12 atom stereocenters. The molecular weight excluding hydrogens is 516 g/mol. The van der Waals surface area contributed by atoms with E-state index in [-0.39, 0.29) is 19.8 Å². The predicted molar refractivity (Wildman–Crippen MR) is 142 cm³/mol. The highest BCUT2D eigenvalue weighted by Gasteiger charge is 2.43. The quantitative estimate of drug-likeness (QED) is 0.0778. The van der Waals surface area contributed by atoms with E-state index in [1.165, 1.54) is 0 Å². The van der Waals surface area contributed by atoms with Crippen molar-refractivity contribution in [2.24, 2.45) is 22.9 Å². The van der Waals surface area contributed by atoms with E-state index in [2.05, 4.69) is 0 Å². The molecule has 1 saturated heterocycles. The van der Waals surface area contributed by atoms with Gasteiger partial charge in [0.05, 0.1) is 37.6 Å². The maximum absolute atomic E-state index is 10.3. The van der Waals surface area contributed by atoms with E-state index in [0.717, 1.165) is 25.9 Å². The van der Waals surface area contributed by atoms with Crippen LogP contribution in [-0.2, 0) is 14.2 Å². The summed E-state index contributed by atoms with van der Waals surface area (Å²) in [5.74, 6) is 0. The van der Waals surface area contributed by atoms with E-state index in [0.29, 0.717) is 19.5 Å². The van der Waals surface area contributed by atoms with Gasteiger partial charge in [0, 0.05) is 31.7 Å². The van der Waals surface area contributed by atoms with Gasteiger partial charge in [0.2, 0.25) is 0 Å². The van der Waals surface area contributed by atoms with Gasteiger partial charge in [-0.05, 0) is 46.4 Å². The summed E-state index contributed by atoms with van der Waals surface area (Å²) in [7, 11) is 3.77. The van der Waals surface area contributed by atoms with Crippen LogP contribution in [0.5, 0.6) is 0 Å². The standard InChI is InChI=1S/C24H52N6O9/c1-29(9-13(31)11-37-23-16(27)7-15(26)19(33)22(23)36)5-3-4-6-30(2)10-14(32)12-38-24-18(28)21(35)20(34)17(8-25)39-24/h13-24,31-36H,3-12,25-28H2,1-2H3/t13?,14?,15-,16+,17-,18-,19+,20-,21-,22-,23-,24+/m1/s1. The summed E-state index contributed by atoms with van der Waals surface area (Å²) in [5.41, 5.74) is 23.2. The average molecular weight is 569 g/mol. The van der Waals surface area contributed by atoms with E-state index in [9.17, 15) is 30.6 Å². The maximum Gasteiger partial charge on any atom is 0.175 e. The van der Waals surface area contributed by atoms with Gasteiger partial charge in [-0.1, -0.05) is 0 Å². The van der Waals surface area contributed by atoms with Gasteiger partial charge >= 0.3 is 0 Å². The Balaban J connectivity index is 1.57. The molecule has 2 rings (SSSR count). The molecule has 15 nitrogen and oxygen atoms in total. The zero-order valence-electron chi connectivity index (χ0n) is 23.1. The predicted octanol–water partition coefficient (Wildman–Crippen LogP) is -5.73. The van der Waals surface area contributed by atoms with Gasteiger partial charge in [0.1, 0.15) is 30.5 Å². The molecular formula is C24H52N6O9. The Morgan fingerprint density at radius 2 is 1.33 bits per heavy atom. The minimum absolute atomic E-state index is 0.00206. The van der Waals surface area contributed by atoms with Gasteiger partial charge in [-0.25, -0.2) is 0 Å². The summed E-state index contributed by atoms with van der Waals surface area (Å²) >= 11 is 0. The first kappa shape index (κ1) is 34.6. The molecule has 0 spiro atoms. The molecule has 1 saturated carbocycles. The maximum atomic E-state index is 10.3. The topological polar surface area (TPSA) is 260 Å². The number of ether oxygens (including phenoxy) is 3. The summed E-state index contributed by atoms with van der Waals surface area (Å²) in [6, 6.07) is -2.08. The fourth-order valence-corrected chi connectivity index (χ4v) is 5.01. The second-order valence-corrected chi connectivity index (χ2v) is 11.1. The number of hydrogen-bond acceptors (Lipinski definition) is 15. The van der Waals surface area contributed by atoms with E-state index in [1.54, 1.807) is 0 Å². The first-order valence-electron chi connectivity index (χ1n) is 13.7. The Hall–Kier alpha value is -0.600. The van der Waals surface area contributed by atoms with Crippen molar-refractivity contribution in [3.05, 3.63) is 0 Å². The third-order valence-electron chi connectivity index (χ3n) is 7.38. The molecule has 2 aliphatic rings. The summed E-state index contributed by atoms with van der Waals surface area (Å²) in [5, 5.41) is 60.7. The summed E-state index contributed by atoms with van der Waals surface area (Å²) in [6.45, 7) is 2.12. The highest BCUT2D eigenvalue weighted by Crippen LogP contribution is 2.22. The van der Waals surface area contributed by atoms with Crippen molar-refractivity contribution in [1.29, 1.82) is 0 Å². The Kier molecular flexibility index (Phi) is 14.9. The van der Waals surface area contributed by atoms with Gasteiger partial charge in [-0.15, -0.1) is 0 Å². The van der Waals surface area contributed by atoms with Crippen LogP contribution in [0.3, 0.4) is 0 Å². The van der Waals surface area contributed by atoms with Gasteiger partial charge < -0.3 is 77.6 Å². The normalized spacial score (nSPS) is 37.4. The lowest BCUT2D eigenvalue weighted by molar-refractivity contribution is -0.262. The molecule has 0 aromatic carbocycles. The summed E-state index contributed by atoms with van der Waals surface area (Å²) < 4.78 is 16.7. The molecule has 15 heteroatoms. The van der Waals surface area contributed by atoms with Crippen molar-refractivity contribution < 1.29 is 44.8 Å². The third kappa shape index (κ3) is 10.6. The first-order chi connectivity index (χ1) is 18.3. The fraction of sp³-hybridized carbons (Fsp3) is 1.00. The Bertz CT molecular complexity index is 686. The van der Waals surface area contributed by atoms with Crippen LogP contribution < -0.4 is 22.9 Å². The lowest BCUT2D eigenvalue weighted by atomic mass is 9.85. The third-order valence-corrected chi connectivity index (χ3v) is 7.38. The minimum Gasteiger partial charge on any atom is -0.389 e. The van der Waals surface area contributed by atoms with Crippen LogP contribution in [-0.4, -0.2) is 174 Å². The van der Waals surface area contributed by atoms with Crippen LogP contribution in [0.2, 0.25) is 0 Å². The number of aliphatic hydroxyl groups is 6. The fourth-order valence-electron chi connectivity index (χ4n) is 5.01. The summed E-state index contributed by atoms with van der Waals surface area (Å²) in [4.78, 5) is 3.95. The molecule has 14 N–H and O–H groups in total. The number of nitrogens with two attached hydrogens (primary N) is 4. The minimum atomic E-state index is -1.24. The van der Waals surface area contributed by atoms with Crippen LogP contribution in [0, 0.1) is 0 Å². The van der Waals surface area contributed by atoms with Crippen molar-refractivity contribution in [3.8, 4) is 0 Å². The molecule has 39 heavy (non-hydrogen) atoms. The van der Waals surface area contributed by atoms with Crippen molar-refractivity contribution in [1.82, 2.24) is 9.80 Å². The second kappa shape index (κ2) is 16.7. The monoisotopic (exact) mass is 568 g/mol. The molecule has 2 unspecified atom stereocenters. The Morgan fingerprint density at radius 1 is 0.795 bits per heavy atom. The molecule has 2 fully saturated rings. The van der Waals surface area contributed by atoms with E-state index < -0.39 is 73.2 Å². The highest BCUT2D eigenvalue weighted by molar-refractivity contribution is 4.97. The number of likely N-dealkylation sites (N-methyl/N-ethyl adjacent to an activating group) is 2. The van der Waals surface area contributed by atoms with E-state index in [1.807, 2.05) is 23.9 Å². The molecule has 1 heterocycles. The van der Waals surface area contributed by atoms with Crippen LogP contribution >= 0.6 is 0 Å². The zero-order chi connectivity index (χ0) is 29.3. The molecule has 0 radical (unpaired) electrons. The number of aliphatic hydroxyl groups excluding tert-OH is 6. The van der Waals surface area contributed by atoms with Gasteiger partial charge in [0.15, 0.2) is 6.29 Å². The van der Waals surface area contributed by atoms with Gasteiger partial charge in [0.25, 0.3) is 0 Å². The Labute approximate surface area is 230 Å². The zero-order valence-corrected chi connectivity index (χ0v) is 23.1. The number of nitrogens with zero attached hydrogens (tertiary/aromatic N) is 2. The van der Waals surface area contributed by atoms with Crippen LogP contribution in [0.25, 0.3) is 0 Å². The number of rotatable bonds is 16. The number of unbranched alkanes of at least 4 members (excludes halogenated alkanes) is 1. The lowest BCUT2D eigenvalue weighted by Crippen LogP contribution is -2.63. The lowest BCUT2D eigenvalue weighted by Gasteiger charge is -2.40. The molecule has 0 aromatic heterocycles. The van der Waals surface area contributed by atoms with Gasteiger partial charge in [-0.3, -0.25) is 0 Å². The number of hydrogen-bond donors (Lipinski definition) is 10. The molecule has 0 amide bonds. The van der Waals surface area contributed by atoms with Crippen LogP contribution in [0.1, 0.15) is 19.3 Å². The molecule has 0 aromatic rings. The smallest absolute Gasteiger partial charge is 0.175 e. The van der Waals surface area contributed by atoms with Crippen molar-refractivity contribution >= 4 is 0 Å². The average Bonchev–Trinajstić information content (AvgIpc) is 2.88. The van der Waals surface area contributed by atoms with Crippen LogP contribution in [0.4, 0.5) is 0 Å². The molecule has 1 aliphatic heterocycles.